The third kappa shape index (κ3) is 3.77. The Balaban J connectivity index is 2.40. The molecule has 118 valence electrons. The zero-order chi connectivity index (χ0) is 17.0. The molecule has 0 atom stereocenters. The number of nitrogens with zero attached hydrogens (tertiary/aromatic N) is 2. The number of aromatic nitrogens is 1. The second-order valence-corrected chi connectivity index (χ2v) is 4.42. The molecular formula is C15H10F3N3O2. The van der Waals surface area contributed by atoms with Gasteiger partial charge in [0.1, 0.15) is 11.8 Å². The Morgan fingerprint density at radius 3 is 2.57 bits per heavy atom. The molecular weight excluding hydrogens is 311 g/mol. The SMILES string of the molecule is COC(=O)c1ccc(Nc2ccc(C#N)nc2)c(C(F)(F)F)c1. The number of carbonyl (C=O) groups excluding carboxylic acids is 1. The Bertz CT molecular complexity index is 765. The fourth-order valence-corrected chi connectivity index (χ4v) is 1.82. The van der Waals surface area contributed by atoms with Crippen LogP contribution in [0.1, 0.15) is 21.6 Å². The molecule has 0 amide bonds. The van der Waals surface area contributed by atoms with Gasteiger partial charge in [-0.3, -0.25) is 0 Å². The average Bonchev–Trinajstić information content (AvgIpc) is 2.54. The topological polar surface area (TPSA) is 75.0 Å². The zero-order valence-corrected chi connectivity index (χ0v) is 11.8. The second-order valence-electron chi connectivity index (χ2n) is 4.42. The van der Waals surface area contributed by atoms with Gasteiger partial charge in [-0.2, -0.15) is 18.4 Å². The highest BCUT2D eigenvalue weighted by Gasteiger charge is 2.34. The van der Waals surface area contributed by atoms with Crippen molar-refractivity contribution >= 4 is 17.3 Å². The van der Waals surface area contributed by atoms with E-state index in [1.807, 2.05) is 6.07 Å². The molecule has 0 saturated carbocycles. The fraction of sp³-hybridized carbons (Fsp3) is 0.133. The number of rotatable bonds is 3. The number of methoxy groups -OCH3 is 1. The minimum Gasteiger partial charge on any atom is -0.465 e. The summed E-state index contributed by atoms with van der Waals surface area (Å²) in [5, 5.41) is 11.2. The van der Waals surface area contributed by atoms with Gasteiger partial charge in [0.15, 0.2) is 0 Å². The van der Waals surface area contributed by atoms with Crippen LogP contribution in [0.25, 0.3) is 0 Å². The third-order valence-corrected chi connectivity index (χ3v) is 2.90. The largest absolute Gasteiger partial charge is 0.465 e. The van der Waals surface area contributed by atoms with Gasteiger partial charge in [0.25, 0.3) is 0 Å². The minimum atomic E-state index is -4.66. The van der Waals surface area contributed by atoms with Crippen LogP contribution in [0, 0.1) is 11.3 Å². The van der Waals surface area contributed by atoms with Crippen LogP contribution < -0.4 is 5.32 Å². The zero-order valence-electron chi connectivity index (χ0n) is 11.8. The molecule has 0 radical (unpaired) electrons. The molecule has 0 fully saturated rings. The van der Waals surface area contributed by atoms with Gasteiger partial charge in [0.05, 0.1) is 35.8 Å². The van der Waals surface area contributed by atoms with Gasteiger partial charge in [-0.05, 0) is 30.3 Å². The van der Waals surface area contributed by atoms with Crippen molar-refractivity contribution in [2.24, 2.45) is 0 Å². The first-order chi connectivity index (χ1) is 10.8. The molecule has 5 nitrogen and oxygen atoms in total. The van der Waals surface area contributed by atoms with Gasteiger partial charge in [-0.1, -0.05) is 0 Å². The number of esters is 1. The van der Waals surface area contributed by atoms with Gasteiger partial charge in [0.2, 0.25) is 0 Å². The third-order valence-electron chi connectivity index (χ3n) is 2.90. The predicted molar refractivity (Wildman–Crippen MR) is 75.0 cm³/mol. The van der Waals surface area contributed by atoms with E-state index >= 15 is 0 Å². The molecule has 8 heteroatoms. The van der Waals surface area contributed by atoms with E-state index in [1.54, 1.807) is 0 Å². The van der Waals surface area contributed by atoms with Crippen LogP contribution >= 0.6 is 0 Å². The van der Waals surface area contributed by atoms with Crippen LogP contribution in [0.4, 0.5) is 24.5 Å². The summed E-state index contributed by atoms with van der Waals surface area (Å²) < 4.78 is 43.9. The molecule has 1 N–H and O–H groups in total. The Kier molecular flexibility index (Phi) is 4.50. The number of ether oxygens (including phenoxy) is 1. The molecule has 1 heterocycles. The number of hydrogen-bond donors (Lipinski definition) is 1. The summed E-state index contributed by atoms with van der Waals surface area (Å²) in [6.45, 7) is 0. The predicted octanol–water partition coefficient (Wildman–Crippen LogP) is 3.50. The lowest BCUT2D eigenvalue weighted by Crippen LogP contribution is -2.11. The Morgan fingerprint density at radius 1 is 1.30 bits per heavy atom. The molecule has 2 aromatic rings. The number of halogens is 3. The number of pyridine rings is 1. The van der Waals surface area contributed by atoms with Gasteiger partial charge < -0.3 is 10.1 Å². The summed E-state index contributed by atoms with van der Waals surface area (Å²) in [6, 6.07) is 7.68. The van der Waals surface area contributed by atoms with Gasteiger partial charge in [0, 0.05) is 0 Å². The normalized spacial score (nSPS) is 10.7. The van der Waals surface area contributed by atoms with Gasteiger partial charge >= 0.3 is 12.1 Å². The minimum absolute atomic E-state index is 0.146. The quantitative estimate of drug-likeness (QED) is 0.876. The second kappa shape index (κ2) is 6.36. The first kappa shape index (κ1) is 16.3. The summed E-state index contributed by atoms with van der Waals surface area (Å²) in [5.74, 6) is -0.859. The summed E-state index contributed by atoms with van der Waals surface area (Å²) in [5.41, 5.74) is -1.03. The van der Waals surface area contributed by atoms with E-state index in [1.165, 1.54) is 24.4 Å². The monoisotopic (exact) mass is 321 g/mol. The summed E-state index contributed by atoms with van der Waals surface area (Å²) in [7, 11) is 1.09. The van der Waals surface area contributed by atoms with Crippen molar-refractivity contribution in [3.05, 3.63) is 53.3 Å². The molecule has 1 aromatic carbocycles. The van der Waals surface area contributed by atoms with E-state index in [4.69, 9.17) is 5.26 Å². The Morgan fingerprint density at radius 2 is 2.04 bits per heavy atom. The van der Waals surface area contributed by atoms with Crippen LogP contribution in [-0.4, -0.2) is 18.1 Å². The van der Waals surface area contributed by atoms with E-state index < -0.39 is 17.7 Å². The van der Waals surface area contributed by atoms with Crippen LogP contribution in [0.5, 0.6) is 0 Å². The van der Waals surface area contributed by atoms with Gasteiger partial charge in [-0.15, -0.1) is 0 Å². The van der Waals surface area contributed by atoms with Crippen LogP contribution in [0.15, 0.2) is 36.5 Å². The molecule has 0 aliphatic rings. The van der Waals surface area contributed by atoms with Gasteiger partial charge in [-0.25, -0.2) is 9.78 Å². The van der Waals surface area contributed by atoms with E-state index in [0.717, 1.165) is 13.2 Å². The first-order valence-corrected chi connectivity index (χ1v) is 6.28. The average molecular weight is 321 g/mol. The fourth-order valence-electron chi connectivity index (χ4n) is 1.82. The maximum absolute atomic E-state index is 13.2. The highest BCUT2D eigenvalue weighted by Crippen LogP contribution is 2.36. The smallest absolute Gasteiger partial charge is 0.418 e. The molecule has 0 bridgehead atoms. The van der Waals surface area contributed by atoms with Crippen molar-refractivity contribution in [1.29, 1.82) is 5.26 Å². The van der Waals surface area contributed by atoms with Crippen LogP contribution in [0.3, 0.4) is 0 Å². The number of carbonyl (C=O) groups is 1. The van der Waals surface area contributed by atoms with E-state index in [2.05, 4.69) is 15.0 Å². The highest BCUT2D eigenvalue weighted by atomic mass is 19.4. The molecule has 1 aromatic heterocycles. The number of benzene rings is 1. The van der Waals surface area contributed by atoms with Crippen molar-refractivity contribution in [2.45, 2.75) is 6.18 Å². The number of alkyl halides is 3. The van der Waals surface area contributed by atoms with Crippen molar-refractivity contribution in [3.63, 3.8) is 0 Å². The number of nitrogens with one attached hydrogen (secondary N) is 1. The lowest BCUT2D eigenvalue weighted by molar-refractivity contribution is -0.136. The molecule has 2 rings (SSSR count). The molecule has 0 aliphatic carbocycles. The maximum atomic E-state index is 13.2. The number of hydrogen-bond acceptors (Lipinski definition) is 5. The number of nitriles is 1. The maximum Gasteiger partial charge on any atom is 0.418 e. The van der Waals surface area contributed by atoms with E-state index in [9.17, 15) is 18.0 Å². The molecule has 0 unspecified atom stereocenters. The lowest BCUT2D eigenvalue weighted by Gasteiger charge is -2.15. The van der Waals surface area contributed by atoms with Crippen LogP contribution in [-0.2, 0) is 10.9 Å². The molecule has 0 spiro atoms. The Hall–Kier alpha value is -3.08. The number of anilines is 2. The van der Waals surface area contributed by atoms with Crippen molar-refractivity contribution < 1.29 is 22.7 Å². The summed E-state index contributed by atoms with van der Waals surface area (Å²) in [4.78, 5) is 15.1. The van der Waals surface area contributed by atoms with Crippen molar-refractivity contribution in [2.75, 3.05) is 12.4 Å². The highest BCUT2D eigenvalue weighted by molar-refractivity contribution is 5.90. The van der Waals surface area contributed by atoms with E-state index in [-0.39, 0.29) is 22.6 Å². The molecule has 23 heavy (non-hydrogen) atoms. The van der Waals surface area contributed by atoms with E-state index in [0.29, 0.717) is 6.07 Å². The molecule has 0 saturated heterocycles. The van der Waals surface area contributed by atoms with Crippen molar-refractivity contribution in [3.8, 4) is 6.07 Å². The summed E-state index contributed by atoms with van der Waals surface area (Å²) in [6.07, 6.45) is -3.42. The first-order valence-electron chi connectivity index (χ1n) is 6.28. The Labute approximate surface area is 129 Å². The molecule has 0 aliphatic heterocycles. The summed E-state index contributed by atoms with van der Waals surface area (Å²) >= 11 is 0. The lowest BCUT2D eigenvalue weighted by atomic mass is 10.1. The van der Waals surface area contributed by atoms with Crippen molar-refractivity contribution in [1.82, 2.24) is 4.98 Å². The van der Waals surface area contributed by atoms with Crippen LogP contribution in [0.2, 0.25) is 0 Å². The standard InChI is InChI=1S/C15H10F3N3O2/c1-23-14(22)9-2-5-13(12(6-9)15(16,17)18)21-11-4-3-10(7-19)20-8-11/h2-6,8,21H,1H3.